The zero-order valence-corrected chi connectivity index (χ0v) is 32.0. The minimum absolute atomic E-state index is 0.0975. The van der Waals surface area contributed by atoms with Crippen LogP contribution in [0.25, 0.3) is 108 Å². The Morgan fingerprint density at radius 2 is 0.893 bits per heavy atom. The van der Waals surface area contributed by atoms with Crippen LogP contribution in [0, 0.1) is 0 Å². The van der Waals surface area contributed by atoms with E-state index in [1.807, 2.05) is 11.3 Å². The molecule has 0 nitrogen and oxygen atoms in total. The second-order valence-corrected chi connectivity index (χ2v) is 17.1. The maximum atomic E-state index is 2.51. The lowest BCUT2D eigenvalue weighted by atomic mass is 9.81. The first kappa shape index (κ1) is 31.8. The van der Waals surface area contributed by atoms with Gasteiger partial charge in [-0.3, -0.25) is 0 Å². The highest BCUT2D eigenvalue weighted by atomic mass is 32.1. The summed E-state index contributed by atoms with van der Waals surface area (Å²) in [6.45, 7) is 4.80. The van der Waals surface area contributed by atoms with Crippen LogP contribution in [0.2, 0.25) is 0 Å². The van der Waals surface area contributed by atoms with Gasteiger partial charge in [-0.05, 0) is 135 Å². The molecular weight excluding hydrogens is 693 g/mol. The molecule has 0 bridgehead atoms. The third-order valence-electron chi connectivity index (χ3n) is 12.6. The van der Waals surface area contributed by atoms with E-state index in [-0.39, 0.29) is 5.41 Å². The fourth-order valence-electron chi connectivity index (χ4n) is 9.92. The fourth-order valence-corrected chi connectivity index (χ4v) is 11.1. The average Bonchev–Trinajstić information content (AvgIpc) is 3.72. The van der Waals surface area contributed by atoms with E-state index in [1.165, 1.54) is 119 Å². The molecule has 0 aliphatic heterocycles. The molecule has 0 spiro atoms. The quantitative estimate of drug-likeness (QED) is 0.159. The van der Waals surface area contributed by atoms with Gasteiger partial charge in [-0.25, -0.2) is 0 Å². The molecule has 262 valence electrons. The van der Waals surface area contributed by atoms with Crippen LogP contribution in [0.3, 0.4) is 0 Å². The summed E-state index contributed by atoms with van der Waals surface area (Å²) >= 11 is 1.92. The van der Waals surface area contributed by atoms with E-state index in [0.717, 1.165) is 0 Å². The van der Waals surface area contributed by atoms with Crippen molar-refractivity contribution in [3.63, 3.8) is 0 Å². The van der Waals surface area contributed by atoms with Crippen molar-refractivity contribution in [3.8, 4) is 44.5 Å². The molecule has 12 rings (SSSR count). The van der Waals surface area contributed by atoms with Crippen LogP contribution < -0.4 is 0 Å². The second-order valence-electron chi connectivity index (χ2n) is 16.0. The zero-order valence-electron chi connectivity index (χ0n) is 31.2. The van der Waals surface area contributed by atoms with Gasteiger partial charge >= 0.3 is 0 Å². The molecule has 11 aromatic rings. The Balaban J connectivity index is 1.07. The number of rotatable bonds is 3. The van der Waals surface area contributed by atoms with E-state index in [0.29, 0.717) is 0 Å². The molecule has 1 heterocycles. The summed E-state index contributed by atoms with van der Waals surface area (Å²) in [4.78, 5) is 0. The van der Waals surface area contributed by atoms with Crippen LogP contribution in [0.1, 0.15) is 25.0 Å². The predicted octanol–water partition coefficient (Wildman–Crippen LogP) is 16.0. The molecule has 0 N–H and O–H groups in total. The summed E-state index contributed by atoms with van der Waals surface area (Å²) in [5.74, 6) is 0. The molecular formula is C55H36S. The van der Waals surface area contributed by atoms with Gasteiger partial charge in [-0.1, -0.05) is 159 Å². The normalized spacial score (nSPS) is 13.3. The number of hydrogen-bond donors (Lipinski definition) is 0. The van der Waals surface area contributed by atoms with Gasteiger partial charge in [0.25, 0.3) is 0 Å². The van der Waals surface area contributed by atoms with E-state index in [4.69, 9.17) is 0 Å². The first-order valence-corrected chi connectivity index (χ1v) is 20.4. The van der Waals surface area contributed by atoms with E-state index < -0.39 is 0 Å². The molecule has 1 heteroatoms. The summed E-state index contributed by atoms with van der Waals surface area (Å²) < 4.78 is 2.73. The third kappa shape index (κ3) is 4.53. The smallest absolute Gasteiger partial charge is 0.0361 e. The Morgan fingerprint density at radius 1 is 0.339 bits per heavy atom. The highest BCUT2D eigenvalue weighted by Crippen LogP contribution is 2.54. The van der Waals surface area contributed by atoms with Crippen molar-refractivity contribution in [2.45, 2.75) is 19.3 Å². The minimum Gasteiger partial charge on any atom is -0.135 e. The summed E-state index contributed by atoms with van der Waals surface area (Å²) in [5, 5.41) is 13.0. The van der Waals surface area contributed by atoms with Crippen LogP contribution in [0.5, 0.6) is 0 Å². The van der Waals surface area contributed by atoms with Crippen LogP contribution in [-0.4, -0.2) is 0 Å². The van der Waals surface area contributed by atoms with Gasteiger partial charge in [0.2, 0.25) is 0 Å². The van der Waals surface area contributed by atoms with Crippen LogP contribution >= 0.6 is 11.3 Å². The molecule has 0 atom stereocenters. The minimum atomic E-state index is -0.0975. The monoisotopic (exact) mass is 728 g/mol. The van der Waals surface area contributed by atoms with Crippen molar-refractivity contribution < 1.29 is 0 Å². The maximum absolute atomic E-state index is 2.51. The second kappa shape index (κ2) is 11.7. The number of hydrogen-bond acceptors (Lipinski definition) is 1. The van der Waals surface area contributed by atoms with Crippen molar-refractivity contribution >= 4 is 74.6 Å². The molecule has 0 amide bonds. The van der Waals surface area contributed by atoms with Crippen LogP contribution in [-0.2, 0) is 5.41 Å². The Labute approximate surface area is 329 Å². The van der Waals surface area contributed by atoms with E-state index in [1.54, 1.807) is 0 Å². The van der Waals surface area contributed by atoms with Gasteiger partial charge in [0.05, 0.1) is 0 Å². The van der Waals surface area contributed by atoms with E-state index >= 15 is 0 Å². The molecule has 1 aliphatic carbocycles. The number of benzene rings is 10. The maximum Gasteiger partial charge on any atom is 0.0361 e. The summed E-state index contributed by atoms with van der Waals surface area (Å²) in [7, 11) is 0. The summed E-state index contributed by atoms with van der Waals surface area (Å²) in [6, 6.07) is 68.3. The van der Waals surface area contributed by atoms with Gasteiger partial charge in [0.15, 0.2) is 0 Å². The van der Waals surface area contributed by atoms with Crippen molar-refractivity contribution in [2.24, 2.45) is 0 Å². The topological polar surface area (TPSA) is 0 Å². The first-order valence-electron chi connectivity index (χ1n) is 19.6. The Bertz CT molecular complexity index is 3390. The van der Waals surface area contributed by atoms with Crippen molar-refractivity contribution in [2.75, 3.05) is 0 Å². The largest absolute Gasteiger partial charge is 0.135 e. The Kier molecular flexibility index (Phi) is 6.66. The number of thiophene rings is 1. The van der Waals surface area contributed by atoms with Crippen molar-refractivity contribution in [1.82, 2.24) is 0 Å². The first-order chi connectivity index (χ1) is 27.5. The zero-order chi connectivity index (χ0) is 37.1. The van der Waals surface area contributed by atoms with Gasteiger partial charge in [0, 0.05) is 25.6 Å². The summed E-state index contributed by atoms with van der Waals surface area (Å²) in [5.41, 5.74) is 13.0. The predicted molar refractivity (Wildman–Crippen MR) is 243 cm³/mol. The lowest BCUT2D eigenvalue weighted by molar-refractivity contribution is 0.661. The molecule has 1 aliphatic rings. The molecule has 0 saturated carbocycles. The highest BCUT2D eigenvalue weighted by molar-refractivity contribution is 7.26. The van der Waals surface area contributed by atoms with Gasteiger partial charge in [-0.15, -0.1) is 11.3 Å². The molecule has 0 radical (unpaired) electrons. The Hall–Kier alpha value is -6.54. The van der Waals surface area contributed by atoms with Crippen molar-refractivity contribution in [1.29, 1.82) is 0 Å². The molecule has 0 unspecified atom stereocenters. The van der Waals surface area contributed by atoms with Crippen LogP contribution in [0.4, 0.5) is 0 Å². The summed E-state index contributed by atoms with van der Waals surface area (Å²) in [6.07, 6.45) is 0. The lowest BCUT2D eigenvalue weighted by Gasteiger charge is -2.22. The SMILES string of the molecule is CC1(C)c2ccc(-c3c4ccccc4c(-c4cccc(-c5ccc6ccccc6c5)c4)c4ccccc34)cc2-c2cc3c(cc21)sc1ccc2ccccc2c13. The average molecular weight is 729 g/mol. The fraction of sp³-hybridized carbons (Fsp3) is 0.0545. The number of fused-ring (bicyclic) bond motifs is 11. The van der Waals surface area contributed by atoms with Gasteiger partial charge < -0.3 is 0 Å². The van der Waals surface area contributed by atoms with Crippen LogP contribution in [0.15, 0.2) is 182 Å². The molecule has 0 saturated heterocycles. The Morgan fingerprint density at radius 3 is 1.62 bits per heavy atom. The van der Waals surface area contributed by atoms with E-state index in [2.05, 4.69) is 196 Å². The molecule has 10 aromatic carbocycles. The molecule has 0 fully saturated rings. The lowest BCUT2D eigenvalue weighted by Crippen LogP contribution is -2.14. The van der Waals surface area contributed by atoms with Gasteiger partial charge in [-0.2, -0.15) is 0 Å². The van der Waals surface area contributed by atoms with Crippen molar-refractivity contribution in [3.05, 3.63) is 193 Å². The molecule has 1 aromatic heterocycles. The highest BCUT2D eigenvalue weighted by Gasteiger charge is 2.36. The molecule has 56 heavy (non-hydrogen) atoms. The standard InChI is InChI=1S/C55H36S/c1-55(2)48-26-24-39(30-45(48)46-31-47-51(32-49(46)55)56-50-27-25-34-13-5-6-17-40(34)54(47)50)53-43-20-9-7-18-41(43)52(42-19-8-10-21-44(42)53)38-16-11-15-36(29-38)37-23-22-33-12-3-4-14-35(33)28-37/h3-32H,1-2H3. The third-order valence-corrected chi connectivity index (χ3v) is 13.7. The van der Waals surface area contributed by atoms with Gasteiger partial charge in [0.1, 0.15) is 0 Å². The van der Waals surface area contributed by atoms with E-state index in [9.17, 15) is 0 Å².